The van der Waals surface area contributed by atoms with Gasteiger partial charge in [0, 0.05) is 37.5 Å². The Bertz CT molecular complexity index is 1750. The molecule has 0 amide bonds. The average molecular weight is 616 g/mol. The zero-order chi connectivity index (χ0) is 32.1. The van der Waals surface area contributed by atoms with E-state index in [1.54, 1.807) is 11.6 Å². The summed E-state index contributed by atoms with van der Waals surface area (Å²) in [6.45, 7) is -1.87. The van der Waals surface area contributed by atoms with Crippen molar-refractivity contribution < 1.29 is 56.8 Å². The molecule has 2 aromatic carbocycles. The van der Waals surface area contributed by atoms with E-state index in [-0.39, 0.29) is 22.6 Å². The number of sulfonamides is 1. The maximum Gasteiger partial charge on any atom is 0.387 e. The normalized spacial score (nSPS) is 19.2. The van der Waals surface area contributed by atoms with Gasteiger partial charge in [-0.1, -0.05) is 17.7 Å². The Morgan fingerprint density at radius 1 is 1.05 bits per heavy atom. The van der Waals surface area contributed by atoms with Crippen molar-refractivity contribution in [2.45, 2.75) is 54.6 Å². The summed E-state index contributed by atoms with van der Waals surface area (Å²) < 4.78 is 169. The van der Waals surface area contributed by atoms with Crippen LogP contribution in [0.1, 0.15) is 27.4 Å². The van der Waals surface area contributed by atoms with Crippen LogP contribution in [0.15, 0.2) is 52.4 Å². The van der Waals surface area contributed by atoms with Crippen molar-refractivity contribution in [3.8, 4) is 5.75 Å². The predicted molar refractivity (Wildman–Crippen MR) is 130 cm³/mol. The number of halogens is 6. The van der Waals surface area contributed by atoms with E-state index in [0.29, 0.717) is 15.7 Å². The van der Waals surface area contributed by atoms with Gasteiger partial charge in [-0.15, -0.1) is 0 Å². The highest BCUT2D eigenvalue weighted by molar-refractivity contribution is 7.93. The molecule has 0 spiro atoms. The molecule has 3 aromatic rings. The van der Waals surface area contributed by atoms with Crippen molar-refractivity contribution >= 4 is 25.7 Å². The van der Waals surface area contributed by atoms with Crippen molar-refractivity contribution in [3.05, 3.63) is 71.1 Å². The van der Waals surface area contributed by atoms with E-state index in [1.807, 2.05) is 0 Å². The first-order valence-electron chi connectivity index (χ1n) is 12.8. The molecule has 0 saturated heterocycles. The SMILES string of the molecule is [2H]C([2H])([2H])O[C@]1(C(F)F)CCc2c(S(=O)(=O)Nc3cc(F)c(OC(F)F)cc3F)cn(S(=O)(=O)c3ccc(C)cc3)c2C1. The summed E-state index contributed by atoms with van der Waals surface area (Å²) in [5, 5.41) is 0. The number of anilines is 1. The molecule has 16 heteroatoms. The van der Waals surface area contributed by atoms with Crippen molar-refractivity contribution in [3.63, 3.8) is 0 Å². The molecule has 1 atom stereocenters. The van der Waals surface area contributed by atoms with Gasteiger partial charge < -0.3 is 9.47 Å². The molecule has 40 heavy (non-hydrogen) atoms. The summed E-state index contributed by atoms with van der Waals surface area (Å²) in [7, 11) is -13.1. The van der Waals surface area contributed by atoms with Gasteiger partial charge in [-0.3, -0.25) is 4.72 Å². The average Bonchev–Trinajstić information content (AvgIpc) is 3.26. The Kier molecular flexibility index (Phi) is 6.83. The van der Waals surface area contributed by atoms with E-state index in [9.17, 15) is 43.2 Å². The summed E-state index contributed by atoms with van der Waals surface area (Å²) in [6, 6.07) is 5.55. The molecule has 0 saturated carbocycles. The van der Waals surface area contributed by atoms with Crippen LogP contribution in [-0.2, 0) is 37.6 Å². The summed E-state index contributed by atoms with van der Waals surface area (Å²) in [6.07, 6.45) is -5.31. The minimum atomic E-state index is -5.02. The Hall–Kier alpha value is -3.24. The van der Waals surface area contributed by atoms with Gasteiger partial charge in [0.1, 0.15) is 10.5 Å². The highest BCUT2D eigenvalue weighted by atomic mass is 32.2. The lowest BCUT2D eigenvalue weighted by molar-refractivity contribution is -0.128. The molecule has 4 rings (SSSR count). The monoisotopic (exact) mass is 615 g/mol. The molecule has 1 aromatic heterocycles. The van der Waals surface area contributed by atoms with E-state index in [4.69, 9.17) is 8.85 Å². The molecule has 0 bridgehead atoms. The second kappa shape index (κ2) is 10.6. The maximum atomic E-state index is 14.6. The summed E-state index contributed by atoms with van der Waals surface area (Å²) in [5.41, 5.74) is -4.01. The number of hydrogen-bond acceptors (Lipinski definition) is 6. The highest BCUT2D eigenvalue weighted by Crippen LogP contribution is 2.41. The Morgan fingerprint density at radius 2 is 1.73 bits per heavy atom. The highest BCUT2D eigenvalue weighted by Gasteiger charge is 2.47. The lowest BCUT2D eigenvalue weighted by atomic mass is 9.84. The molecule has 8 nitrogen and oxygen atoms in total. The number of alkyl halides is 4. The van der Waals surface area contributed by atoms with Gasteiger partial charge in [0.25, 0.3) is 26.5 Å². The van der Waals surface area contributed by atoms with E-state index in [1.165, 1.54) is 24.3 Å². The lowest BCUT2D eigenvalue weighted by Gasteiger charge is -2.35. The molecular weight excluding hydrogens is 590 g/mol. The molecule has 0 aliphatic heterocycles. The van der Waals surface area contributed by atoms with Crippen LogP contribution in [0.25, 0.3) is 0 Å². The van der Waals surface area contributed by atoms with Crippen molar-refractivity contribution in [1.82, 2.24) is 3.97 Å². The standard InChI is InChI=1S/C24H22F6N2O6S2/c1-13-3-5-14(6-4-13)40(35,36)32-12-21(15-7-8-24(37-2,22(27)28)11-19(15)32)39(33,34)31-18-9-17(26)20(10-16(18)25)38-23(29)30/h3-6,9-10,12,22-23,31H,7-8,11H2,1-2H3/t24-/m1/s1/i2D3. The van der Waals surface area contributed by atoms with Gasteiger partial charge in [0.15, 0.2) is 17.4 Å². The molecule has 0 radical (unpaired) electrons. The Balaban J connectivity index is 1.88. The zero-order valence-corrected chi connectivity index (χ0v) is 21.9. The van der Waals surface area contributed by atoms with Gasteiger partial charge in [0.2, 0.25) is 0 Å². The van der Waals surface area contributed by atoms with Gasteiger partial charge >= 0.3 is 6.61 Å². The van der Waals surface area contributed by atoms with Gasteiger partial charge in [0.05, 0.1) is 14.7 Å². The van der Waals surface area contributed by atoms with E-state index < -0.39 is 98.6 Å². The summed E-state index contributed by atoms with van der Waals surface area (Å²) in [5.74, 6) is -4.32. The van der Waals surface area contributed by atoms with Crippen LogP contribution in [0.2, 0.25) is 0 Å². The van der Waals surface area contributed by atoms with E-state index in [0.717, 1.165) is 0 Å². The summed E-state index contributed by atoms with van der Waals surface area (Å²) in [4.78, 5) is -1.21. The van der Waals surface area contributed by atoms with Crippen LogP contribution in [0.3, 0.4) is 0 Å². The van der Waals surface area contributed by atoms with Gasteiger partial charge in [-0.2, -0.15) is 8.78 Å². The number of nitrogens with zero attached hydrogens (tertiary/aromatic N) is 1. The number of rotatable bonds is 9. The topological polar surface area (TPSA) is 104 Å². The molecule has 1 aliphatic rings. The predicted octanol–water partition coefficient (Wildman–Crippen LogP) is 4.85. The third-order valence-corrected chi connectivity index (χ3v) is 9.49. The Labute approximate surface area is 229 Å². The van der Waals surface area contributed by atoms with Crippen LogP contribution in [-0.4, -0.2) is 46.5 Å². The zero-order valence-electron chi connectivity index (χ0n) is 23.3. The second-order valence-corrected chi connectivity index (χ2v) is 12.4. The third kappa shape index (κ3) is 5.39. The van der Waals surface area contributed by atoms with Crippen molar-refractivity contribution in [2.75, 3.05) is 11.8 Å². The first kappa shape index (κ1) is 25.7. The largest absolute Gasteiger partial charge is 0.432 e. The number of aromatic nitrogens is 1. The van der Waals surface area contributed by atoms with Gasteiger partial charge in [-0.05, 0) is 37.5 Å². The van der Waals surface area contributed by atoms with E-state index >= 15 is 0 Å². The number of aryl methyl sites for hydroxylation is 1. The molecule has 0 fully saturated rings. The second-order valence-electron chi connectivity index (χ2n) is 8.92. The number of methoxy groups -OCH3 is 1. The quantitative estimate of drug-likeness (QED) is 0.345. The molecular formula is C24H22F6N2O6S2. The van der Waals surface area contributed by atoms with Gasteiger partial charge in [-0.25, -0.2) is 38.4 Å². The Morgan fingerprint density at radius 3 is 2.33 bits per heavy atom. The molecule has 1 N–H and O–H groups in total. The number of benzene rings is 2. The first-order valence-corrected chi connectivity index (χ1v) is 14.2. The third-order valence-electron chi connectivity index (χ3n) is 6.36. The van der Waals surface area contributed by atoms with Crippen molar-refractivity contribution in [2.24, 2.45) is 0 Å². The number of fused-ring (bicyclic) bond motifs is 1. The van der Waals surface area contributed by atoms with E-state index in [2.05, 4.69) is 4.74 Å². The number of nitrogens with one attached hydrogen (secondary N) is 1. The lowest BCUT2D eigenvalue weighted by Crippen LogP contribution is -2.45. The van der Waals surface area contributed by atoms with Crippen LogP contribution in [0.4, 0.5) is 32.0 Å². The van der Waals surface area contributed by atoms with Crippen LogP contribution in [0.5, 0.6) is 5.75 Å². The fraction of sp³-hybridized carbons (Fsp3) is 0.333. The minimum Gasteiger partial charge on any atom is -0.432 e. The summed E-state index contributed by atoms with van der Waals surface area (Å²) >= 11 is 0. The van der Waals surface area contributed by atoms with Crippen LogP contribution < -0.4 is 9.46 Å². The fourth-order valence-electron chi connectivity index (χ4n) is 4.28. The first-order chi connectivity index (χ1) is 19.8. The number of hydrogen-bond donors (Lipinski definition) is 1. The minimum absolute atomic E-state index is 0.158. The maximum absolute atomic E-state index is 14.6. The van der Waals surface area contributed by atoms with Crippen LogP contribution >= 0.6 is 0 Å². The molecule has 218 valence electrons. The fourth-order valence-corrected chi connectivity index (χ4v) is 7.11. The number of ether oxygens (including phenoxy) is 2. The molecule has 1 aliphatic carbocycles. The smallest absolute Gasteiger partial charge is 0.387 e. The molecule has 0 unspecified atom stereocenters. The van der Waals surface area contributed by atoms with Crippen molar-refractivity contribution in [1.29, 1.82) is 0 Å². The molecule has 1 heterocycles. The van der Waals surface area contributed by atoms with Crippen LogP contribution in [0, 0.1) is 18.6 Å².